The fraction of sp³-hybridized carbons (Fsp3) is 0. The van der Waals surface area contributed by atoms with Gasteiger partial charge in [-0.3, -0.25) is 0 Å². The molecule has 0 spiro atoms. The standard InChI is InChI=1S/C7H3I2N3/c8-5-1-2-6-4(7(5)9)3-10-12-11-6/h1-3H. The van der Waals surface area contributed by atoms with E-state index in [0.29, 0.717) is 0 Å². The molecule has 1 heterocycles. The summed E-state index contributed by atoms with van der Waals surface area (Å²) in [5.41, 5.74) is 0.898. The van der Waals surface area contributed by atoms with Gasteiger partial charge in [0.25, 0.3) is 0 Å². The van der Waals surface area contributed by atoms with Crippen molar-refractivity contribution < 1.29 is 0 Å². The first kappa shape index (κ1) is 8.54. The molecule has 0 radical (unpaired) electrons. The molecule has 0 amide bonds. The molecule has 0 saturated heterocycles. The van der Waals surface area contributed by atoms with Crippen molar-refractivity contribution in [3.8, 4) is 0 Å². The van der Waals surface area contributed by atoms with Gasteiger partial charge in [-0.05, 0) is 62.5 Å². The second-order valence-corrected chi connectivity index (χ2v) is 4.47. The van der Waals surface area contributed by atoms with Crippen molar-refractivity contribution in [2.24, 2.45) is 0 Å². The molecule has 3 nitrogen and oxygen atoms in total. The minimum Gasteiger partial charge on any atom is -0.138 e. The van der Waals surface area contributed by atoms with Gasteiger partial charge < -0.3 is 0 Å². The number of hydrogen-bond acceptors (Lipinski definition) is 3. The summed E-state index contributed by atoms with van der Waals surface area (Å²) in [6, 6.07) is 3.98. The van der Waals surface area contributed by atoms with Crippen molar-refractivity contribution in [1.82, 2.24) is 15.4 Å². The summed E-state index contributed by atoms with van der Waals surface area (Å²) in [6.07, 6.45) is 1.74. The van der Waals surface area contributed by atoms with Gasteiger partial charge in [0.05, 0.1) is 11.7 Å². The molecular weight excluding hydrogens is 380 g/mol. The van der Waals surface area contributed by atoms with Crippen molar-refractivity contribution in [3.63, 3.8) is 0 Å². The maximum atomic E-state index is 3.91. The lowest BCUT2D eigenvalue weighted by molar-refractivity contribution is 0.894. The number of aromatic nitrogens is 3. The summed E-state index contributed by atoms with van der Waals surface area (Å²) in [7, 11) is 0. The van der Waals surface area contributed by atoms with Crippen molar-refractivity contribution in [3.05, 3.63) is 25.5 Å². The largest absolute Gasteiger partial charge is 0.138 e. The van der Waals surface area contributed by atoms with E-state index in [4.69, 9.17) is 0 Å². The van der Waals surface area contributed by atoms with Crippen molar-refractivity contribution in [2.75, 3.05) is 0 Å². The van der Waals surface area contributed by atoms with Crippen LogP contribution in [0.4, 0.5) is 0 Å². The van der Waals surface area contributed by atoms with Gasteiger partial charge in [0.1, 0.15) is 0 Å². The van der Waals surface area contributed by atoms with E-state index in [-0.39, 0.29) is 0 Å². The van der Waals surface area contributed by atoms with E-state index in [9.17, 15) is 0 Å². The molecule has 0 aliphatic rings. The Labute approximate surface area is 96.2 Å². The molecular formula is C7H3I2N3. The van der Waals surface area contributed by atoms with E-state index in [1.54, 1.807) is 6.20 Å². The highest BCUT2D eigenvalue weighted by atomic mass is 127. The lowest BCUT2D eigenvalue weighted by Gasteiger charge is -1.98. The van der Waals surface area contributed by atoms with Gasteiger partial charge in [-0.25, -0.2) is 0 Å². The van der Waals surface area contributed by atoms with E-state index >= 15 is 0 Å². The maximum absolute atomic E-state index is 3.91. The monoisotopic (exact) mass is 383 g/mol. The van der Waals surface area contributed by atoms with Gasteiger partial charge in [-0.2, -0.15) is 0 Å². The third kappa shape index (κ3) is 1.39. The van der Waals surface area contributed by atoms with E-state index in [1.165, 1.54) is 7.14 Å². The van der Waals surface area contributed by atoms with Gasteiger partial charge in [0.15, 0.2) is 0 Å². The molecule has 0 aliphatic carbocycles. The molecule has 2 rings (SSSR count). The fourth-order valence-corrected chi connectivity index (χ4v) is 1.99. The van der Waals surface area contributed by atoms with Gasteiger partial charge in [-0.15, -0.1) is 10.2 Å². The first-order chi connectivity index (χ1) is 5.79. The van der Waals surface area contributed by atoms with Crippen LogP contribution in [0, 0.1) is 7.14 Å². The Morgan fingerprint density at radius 2 is 2.00 bits per heavy atom. The minimum absolute atomic E-state index is 0.898. The molecule has 5 heteroatoms. The van der Waals surface area contributed by atoms with Crippen LogP contribution < -0.4 is 0 Å². The van der Waals surface area contributed by atoms with Gasteiger partial charge in [0.2, 0.25) is 0 Å². The highest BCUT2D eigenvalue weighted by Gasteiger charge is 2.02. The Hall–Kier alpha value is -0.0500. The summed E-state index contributed by atoms with van der Waals surface area (Å²) in [4.78, 5) is 0. The smallest absolute Gasteiger partial charge is 0.0974 e. The zero-order valence-electron chi connectivity index (χ0n) is 5.83. The number of halogens is 2. The molecule has 1 aromatic heterocycles. The normalized spacial score (nSPS) is 10.5. The Morgan fingerprint density at radius 1 is 1.17 bits per heavy atom. The summed E-state index contributed by atoms with van der Waals surface area (Å²) in [5.74, 6) is 0. The van der Waals surface area contributed by atoms with E-state index in [2.05, 4.69) is 60.6 Å². The van der Waals surface area contributed by atoms with E-state index in [1.807, 2.05) is 12.1 Å². The predicted molar refractivity (Wildman–Crippen MR) is 62.8 cm³/mol. The lowest BCUT2D eigenvalue weighted by Crippen LogP contribution is -1.90. The number of fused-ring (bicyclic) bond motifs is 1. The SMILES string of the molecule is Ic1ccc2nnncc2c1I. The quantitative estimate of drug-likeness (QED) is 0.656. The van der Waals surface area contributed by atoms with Crippen LogP contribution >= 0.6 is 45.2 Å². The Morgan fingerprint density at radius 3 is 2.83 bits per heavy atom. The topological polar surface area (TPSA) is 38.7 Å². The second kappa shape index (κ2) is 3.36. The fourth-order valence-electron chi connectivity index (χ4n) is 0.924. The average molecular weight is 383 g/mol. The molecule has 12 heavy (non-hydrogen) atoms. The molecule has 60 valence electrons. The van der Waals surface area contributed by atoms with Gasteiger partial charge in [-0.1, -0.05) is 0 Å². The number of hydrogen-bond donors (Lipinski definition) is 0. The third-order valence-electron chi connectivity index (χ3n) is 1.50. The predicted octanol–water partition coefficient (Wildman–Crippen LogP) is 2.23. The maximum Gasteiger partial charge on any atom is 0.0974 e. The minimum atomic E-state index is 0.898. The molecule has 0 atom stereocenters. The molecule has 0 N–H and O–H groups in total. The summed E-state index contributed by atoms with van der Waals surface area (Å²) in [5, 5.41) is 12.3. The van der Waals surface area contributed by atoms with Crippen molar-refractivity contribution >= 4 is 56.1 Å². The lowest BCUT2D eigenvalue weighted by atomic mass is 10.2. The molecule has 0 unspecified atom stereocenters. The van der Waals surface area contributed by atoms with Crippen LogP contribution in [-0.2, 0) is 0 Å². The number of rotatable bonds is 0. The third-order valence-corrected chi connectivity index (χ3v) is 4.59. The van der Waals surface area contributed by atoms with Gasteiger partial charge >= 0.3 is 0 Å². The molecule has 0 saturated carbocycles. The summed E-state index contributed by atoms with van der Waals surface area (Å²) >= 11 is 4.58. The van der Waals surface area contributed by atoms with E-state index in [0.717, 1.165) is 10.9 Å². The molecule has 0 bridgehead atoms. The average Bonchev–Trinajstić information content (AvgIpc) is 2.12. The Balaban J connectivity index is 2.91. The van der Waals surface area contributed by atoms with Crippen LogP contribution in [0.3, 0.4) is 0 Å². The van der Waals surface area contributed by atoms with Crippen LogP contribution in [0.15, 0.2) is 18.3 Å². The van der Waals surface area contributed by atoms with Crippen LogP contribution in [0.25, 0.3) is 10.9 Å². The zero-order chi connectivity index (χ0) is 8.55. The van der Waals surface area contributed by atoms with Gasteiger partial charge in [0, 0.05) is 12.5 Å². The number of nitrogens with zero attached hydrogens (tertiary/aromatic N) is 3. The van der Waals surface area contributed by atoms with Crippen molar-refractivity contribution in [2.45, 2.75) is 0 Å². The van der Waals surface area contributed by atoms with Crippen LogP contribution in [-0.4, -0.2) is 15.4 Å². The molecule has 0 fully saturated rings. The van der Waals surface area contributed by atoms with Crippen LogP contribution in [0.1, 0.15) is 0 Å². The highest BCUT2D eigenvalue weighted by molar-refractivity contribution is 14.1. The summed E-state index contributed by atoms with van der Waals surface area (Å²) in [6.45, 7) is 0. The first-order valence-electron chi connectivity index (χ1n) is 3.21. The molecule has 0 aliphatic heterocycles. The zero-order valence-corrected chi connectivity index (χ0v) is 10.1. The highest BCUT2D eigenvalue weighted by Crippen LogP contribution is 2.22. The molecule has 2 aromatic rings. The second-order valence-electron chi connectivity index (χ2n) is 2.23. The molecule has 1 aromatic carbocycles. The van der Waals surface area contributed by atoms with Crippen molar-refractivity contribution in [1.29, 1.82) is 0 Å². The van der Waals surface area contributed by atoms with E-state index < -0.39 is 0 Å². The first-order valence-corrected chi connectivity index (χ1v) is 5.37. The Bertz CT molecular complexity index is 430. The number of benzene rings is 1. The Kier molecular flexibility index (Phi) is 2.40. The van der Waals surface area contributed by atoms with Crippen LogP contribution in [0.2, 0.25) is 0 Å². The van der Waals surface area contributed by atoms with Crippen LogP contribution in [0.5, 0.6) is 0 Å². The summed E-state index contributed by atoms with van der Waals surface area (Å²) < 4.78 is 2.41.